The lowest BCUT2D eigenvalue weighted by molar-refractivity contribution is -0.274. The van der Waals surface area contributed by atoms with Crippen LogP contribution in [0.2, 0.25) is 0 Å². The SMILES string of the molecule is O=C(CC1CC2(C1)CN(Cc1cccc(OC(F)(F)F)c1)C2)Nc1nnc(N[C@@H]2CCN(c3cccnn3)C2)s1. The summed E-state index contributed by atoms with van der Waals surface area (Å²) in [7, 11) is 0. The number of rotatable bonds is 9. The molecule has 1 aromatic carbocycles. The maximum absolute atomic E-state index is 12.6. The Balaban J connectivity index is 0.897. The highest BCUT2D eigenvalue weighted by molar-refractivity contribution is 7.19. The van der Waals surface area contributed by atoms with Gasteiger partial charge in [-0.2, -0.15) is 5.10 Å². The normalized spacial score (nSPS) is 20.7. The Morgan fingerprint density at radius 2 is 1.95 bits per heavy atom. The molecule has 2 aromatic heterocycles. The van der Waals surface area contributed by atoms with Crippen molar-refractivity contribution in [3.05, 3.63) is 48.2 Å². The van der Waals surface area contributed by atoms with Crippen molar-refractivity contribution in [1.82, 2.24) is 25.3 Å². The second kappa shape index (κ2) is 10.8. The summed E-state index contributed by atoms with van der Waals surface area (Å²) in [6, 6.07) is 10.1. The van der Waals surface area contributed by atoms with Crippen LogP contribution in [0.4, 0.5) is 29.3 Å². The molecule has 1 aliphatic carbocycles. The van der Waals surface area contributed by atoms with Crippen LogP contribution in [0.1, 0.15) is 31.2 Å². The minimum absolute atomic E-state index is 0.0603. The number of hydrogen-bond donors (Lipinski definition) is 2. The molecule has 1 atom stereocenters. The fourth-order valence-corrected chi connectivity index (χ4v) is 6.91. The fourth-order valence-electron chi connectivity index (χ4n) is 6.17. The van der Waals surface area contributed by atoms with Gasteiger partial charge >= 0.3 is 6.36 Å². The molecule has 10 nitrogen and oxygen atoms in total. The molecule has 0 unspecified atom stereocenters. The van der Waals surface area contributed by atoms with E-state index in [9.17, 15) is 18.0 Å². The van der Waals surface area contributed by atoms with E-state index in [0.29, 0.717) is 29.1 Å². The highest BCUT2D eigenvalue weighted by atomic mass is 32.1. The maximum atomic E-state index is 12.6. The number of nitrogens with one attached hydrogen (secondary N) is 2. The number of likely N-dealkylation sites (tertiary alicyclic amines) is 1. The smallest absolute Gasteiger partial charge is 0.406 e. The number of halogens is 3. The van der Waals surface area contributed by atoms with E-state index < -0.39 is 6.36 Å². The van der Waals surface area contributed by atoms with Crippen LogP contribution in [-0.2, 0) is 11.3 Å². The Kier molecular flexibility index (Phi) is 7.21. The molecule has 14 heteroatoms. The van der Waals surface area contributed by atoms with Crippen LogP contribution in [0.3, 0.4) is 0 Å². The standard InChI is InChI=1S/C26H29F3N8O2S/c27-26(28,29)39-20-4-1-3-17(9-20)13-36-15-25(16-36)11-18(12-25)10-22(38)32-24-35-34-23(40-24)31-19-6-8-37(14-19)21-5-2-7-30-33-21/h1-5,7,9,18-19H,6,8,10-16H2,(H,31,34)(H,32,35,38)/t19-/m1/s1. The average Bonchev–Trinajstić information content (AvgIpc) is 3.51. The predicted molar refractivity (Wildman–Crippen MR) is 143 cm³/mol. The van der Waals surface area contributed by atoms with Gasteiger partial charge in [0.1, 0.15) is 5.75 Å². The van der Waals surface area contributed by atoms with E-state index in [4.69, 9.17) is 0 Å². The summed E-state index contributed by atoms with van der Waals surface area (Å²) in [5, 5.41) is 23.8. The minimum Gasteiger partial charge on any atom is -0.406 e. The highest BCUT2D eigenvalue weighted by Gasteiger charge is 2.52. The number of anilines is 3. The topological polar surface area (TPSA) is 108 Å². The van der Waals surface area contributed by atoms with E-state index in [1.807, 2.05) is 12.1 Å². The van der Waals surface area contributed by atoms with E-state index in [1.54, 1.807) is 18.3 Å². The predicted octanol–water partition coefficient (Wildman–Crippen LogP) is 4.16. The van der Waals surface area contributed by atoms with Crippen LogP contribution in [0.15, 0.2) is 42.6 Å². The molecule has 1 spiro atoms. The zero-order chi connectivity index (χ0) is 27.7. The molecule has 212 valence electrons. The quantitative estimate of drug-likeness (QED) is 0.390. The highest BCUT2D eigenvalue weighted by Crippen LogP contribution is 2.53. The number of hydrogen-bond acceptors (Lipinski definition) is 10. The van der Waals surface area contributed by atoms with Gasteiger partial charge in [0.15, 0.2) is 5.82 Å². The van der Waals surface area contributed by atoms with Crippen molar-refractivity contribution in [3.63, 3.8) is 0 Å². The molecular formula is C26H29F3N8O2S. The first-order valence-corrected chi connectivity index (χ1v) is 14.0. The number of ether oxygens (including phenoxy) is 1. The number of carbonyl (C=O) groups excluding carboxylic acids is 1. The zero-order valence-electron chi connectivity index (χ0n) is 21.6. The van der Waals surface area contributed by atoms with Crippen LogP contribution in [0.5, 0.6) is 5.75 Å². The van der Waals surface area contributed by atoms with E-state index >= 15 is 0 Å². The lowest BCUT2D eigenvalue weighted by Gasteiger charge is -2.59. The van der Waals surface area contributed by atoms with Gasteiger partial charge in [-0.1, -0.05) is 23.5 Å². The number of carbonyl (C=O) groups is 1. The Hall–Kier alpha value is -3.52. The van der Waals surface area contributed by atoms with Crippen molar-refractivity contribution in [2.75, 3.05) is 41.7 Å². The molecule has 3 aromatic rings. The van der Waals surface area contributed by atoms with E-state index in [1.165, 1.54) is 23.5 Å². The van der Waals surface area contributed by atoms with E-state index in [-0.39, 0.29) is 23.1 Å². The molecule has 40 heavy (non-hydrogen) atoms. The van der Waals surface area contributed by atoms with Crippen LogP contribution in [0.25, 0.3) is 0 Å². The van der Waals surface area contributed by atoms with Gasteiger partial charge < -0.3 is 20.3 Å². The molecule has 6 rings (SSSR count). The number of alkyl halides is 3. The Labute approximate surface area is 232 Å². The van der Waals surface area contributed by atoms with Crippen molar-refractivity contribution in [2.45, 2.75) is 44.6 Å². The molecule has 0 bridgehead atoms. The van der Waals surface area contributed by atoms with Gasteiger partial charge in [0.05, 0.1) is 0 Å². The average molecular weight is 575 g/mol. The second-order valence-electron chi connectivity index (χ2n) is 10.9. The lowest BCUT2D eigenvalue weighted by Crippen LogP contribution is -2.61. The number of aromatic nitrogens is 4. The monoisotopic (exact) mass is 574 g/mol. The molecule has 3 aliphatic rings. The third kappa shape index (κ3) is 6.44. The molecule has 3 fully saturated rings. The van der Waals surface area contributed by atoms with E-state index in [2.05, 4.69) is 45.6 Å². The molecule has 4 heterocycles. The van der Waals surface area contributed by atoms with Crippen molar-refractivity contribution >= 4 is 33.3 Å². The summed E-state index contributed by atoms with van der Waals surface area (Å²) in [6.07, 6.45) is 0.291. The summed E-state index contributed by atoms with van der Waals surface area (Å²) in [4.78, 5) is 17.0. The van der Waals surface area contributed by atoms with Crippen LogP contribution >= 0.6 is 11.3 Å². The van der Waals surface area contributed by atoms with Crippen LogP contribution in [0, 0.1) is 11.3 Å². The summed E-state index contributed by atoms with van der Waals surface area (Å²) in [6.45, 7) is 4.02. The van der Waals surface area contributed by atoms with E-state index in [0.717, 1.165) is 56.8 Å². The molecule has 0 radical (unpaired) electrons. The first-order chi connectivity index (χ1) is 19.2. The molecule has 2 N–H and O–H groups in total. The number of nitrogens with zero attached hydrogens (tertiary/aromatic N) is 6. The van der Waals surface area contributed by atoms with Crippen molar-refractivity contribution in [1.29, 1.82) is 0 Å². The summed E-state index contributed by atoms with van der Waals surface area (Å²) < 4.78 is 41.5. The Morgan fingerprint density at radius 1 is 1.12 bits per heavy atom. The van der Waals surface area contributed by atoms with Crippen molar-refractivity contribution in [3.8, 4) is 5.75 Å². The third-order valence-electron chi connectivity index (χ3n) is 7.64. The van der Waals surface area contributed by atoms with Gasteiger partial charge in [-0.3, -0.25) is 9.69 Å². The second-order valence-corrected chi connectivity index (χ2v) is 11.9. The summed E-state index contributed by atoms with van der Waals surface area (Å²) in [5.41, 5.74) is 0.999. The third-order valence-corrected chi connectivity index (χ3v) is 8.41. The molecule has 2 saturated heterocycles. The lowest BCUT2D eigenvalue weighted by atomic mass is 9.57. The van der Waals surface area contributed by atoms with Gasteiger partial charge in [-0.05, 0) is 60.4 Å². The van der Waals surface area contributed by atoms with Gasteiger partial charge in [-0.25, -0.2) is 0 Å². The Bertz CT molecular complexity index is 1330. The van der Waals surface area contributed by atoms with Crippen LogP contribution in [-0.4, -0.2) is 69.8 Å². The fraction of sp³-hybridized carbons (Fsp3) is 0.500. The van der Waals surface area contributed by atoms with Crippen LogP contribution < -0.4 is 20.3 Å². The van der Waals surface area contributed by atoms with Gasteiger partial charge in [0.25, 0.3) is 0 Å². The largest absolute Gasteiger partial charge is 0.573 e. The first-order valence-electron chi connectivity index (χ1n) is 13.2. The number of benzene rings is 1. The molecule has 1 amide bonds. The zero-order valence-corrected chi connectivity index (χ0v) is 22.4. The number of amides is 1. The molecule has 2 aliphatic heterocycles. The Morgan fingerprint density at radius 3 is 2.73 bits per heavy atom. The molecular weight excluding hydrogens is 545 g/mol. The molecule has 1 saturated carbocycles. The van der Waals surface area contributed by atoms with Gasteiger partial charge in [0.2, 0.25) is 16.2 Å². The van der Waals surface area contributed by atoms with Gasteiger partial charge in [-0.15, -0.1) is 28.5 Å². The van der Waals surface area contributed by atoms with Gasteiger partial charge in [0, 0.05) is 51.4 Å². The van der Waals surface area contributed by atoms with Crippen molar-refractivity contribution < 1.29 is 22.7 Å². The van der Waals surface area contributed by atoms with Crippen molar-refractivity contribution in [2.24, 2.45) is 11.3 Å². The minimum atomic E-state index is -4.70. The summed E-state index contributed by atoms with van der Waals surface area (Å²) in [5.74, 6) is 0.919. The summed E-state index contributed by atoms with van der Waals surface area (Å²) >= 11 is 1.33. The maximum Gasteiger partial charge on any atom is 0.573 e. The first kappa shape index (κ1) is 26.7.